The molecule has 0 saturated carbocycles. The van der Waals surface area contributed by atoms with Gasteiger partial charge >= 0.3 is 6.18 Å². The van der Waals surface area contributed by atoms with Crippen molar-refractivity contribution >= 4 is 0 Å². The molecule has 1 atom stereocenters. The molecule has 0 aliphatic carbocycles. The van der Waals surface area contributed by atoms with Gasteiger partial charge in [0.25, 0.3) is 0 Å². The van der Waals surface area contributed by atoms with Crippen molar-refractivity contribution < 1.29 is 13.2 Å². The maximum Gasteiger partial charge on any atom is 0.416 e. The first-order chi connectivity index (χ1) is 9.36. The van der Waals surface area contributed by atoms with E-state index in [1.54, 1.807) is 12.1 Å². The first-order valence-corrected chi connectivity index (χ1v) is 6.93. The van der Waals surface area contributed by atoms with Gasteiger partial charge in [-0.2, -0.15) is 13.2 Å². The number of alkyl halides is 3. The Hall–Kier alpha value is -1.29. The van der Waals surface area contributed by atoms with Crippen molar-refractivity contribution in [2.75, 3.05) is 6.54 Å². The Morgan fingerprint density at radius 2 is 1.80 bits per heavy atom. The predicted octanol–water partition coefficient (Wildman–Crippen LogP) is 4.58. The summed E-state index contributed by atoms with van der Waals surface area (Å²) in [6.45, 7) is 8.91. The van der Waals surface area contributed by atoms with Crippen LogP contribution in [0.4, 0.5) is 13.2 Å². The molecule has 1 aromatic carbocycles. The van der Waals surface area contributed by atoms with E-state index in [2.05, 4.69) is 18.8 Å². The predicted molar refractivity (Wildman–Crippen MR) is 76.7 cm³/mol. The number of benzene rings is 1. The molecule has 1 unspecified atom stereocenters. The van der Waals surface area contributed by atoms with E-state index in [1.165, 1.54) is 0 Å². The molecule has 0 aliphatic rings. The molecular formula is C16H22F3N. The molecule has 0 aliphatic heterocycles. The summed E-state index contributed by atoms with van der Waals surface area (Å²) < 4.78 is 37.5. The molecule has 1 aromatic rings. The van der Waals surface area contributed by atoms with Crippen molar-refractivity contribution in [2.24, 2.45) is 0 Å². The number of likely N-dealkylation sites (N-methyl/N-ethyl adjacent to an activating group) is 1. The van der Waals surface area contributed by atoms with Crippen LogP contribution in [-0.4, -0.2) is 12.6 Å². The highest BCUT2D eigenvalue weighted by atomic mass is 19.4. The molecular weight excluding hydrogens is 263 g/mol. The Morgan fingerprint density at radius 3 is 2.25 bits per heavy atom. The number of hydrogen-bond acceptors (Lipinski definition) is 1. The van der Waals surface area contributed by atoms with Gasteiger partial charge in [0.15, 0.2) is 0 Å². The zero-order valence-electron chi connectivity index (χ0n) is 12.1. The second-order valence-electron chi connectivity index (χ2n) is 4.96. The molecule has 1 nitrogen and oxygen atoms in total. The summed E-state index contributed by atoms with van der Waals surface area (Å²) in [5.74, 6) is 0. The Kier molecular flexibility index (Phi) is 6.27. The van der Waals surface area contributed by atoms with Crippen LogP contribution in [0.5, 0.6) is 0 Å². The minimum atomic E-state index is -4.27. The van der Waals surface area contributed by atoms with E-state index in [9.17, 15) is 13.2 Å². The quantitative estimate of drug-likeness (QED) is 0.723. The summed E-state index contributed by atoms with van der Waals surface area (Å²) in [4.78, 5) is 0. The average molecular weight is 285 g/mol. The lowest BCUT2D eigenvalue weighted by Gasteiger charge is -2.19. The fourth-order valence-electron chi connectivity index (χ4n) is 2.11. The average Bonchev–Trinajstić information content (AvgIpc) is 2.38. The highest BCUT2D eigenvalue weighted by molar-refractivity contribution is 5.25. The van der Waals surface area contributed by atoms with E-state index in [-0.39, 0.29) is 6.04 Å². The molecule has 1 rings (SSSR count). The molecule has 20 heavy (non-hydrogen) atoms. The van der Waals surface area contributed by atoms with Crippen molar-refractivity contribution in [1.82, 2.24) is 5.32 Å². The Labute approximate surface area is 118 Å². The number of halogens is 3. The van der Waals surface area contributed by atoms with Crippen LogP contribution < -0.4 is 5.32 Å². The highest BCUT2D eigenvalue weighted by Gasteiger charge is 2.29. The molecule has 0 saturated heterocycles. The highest BCUT2D eigenvalue weighted by Crippen LogP contribution is 2.29. The minimum absolute atomic E-state index is 0.226. The van der Waals surface area contributed by atoms with Crippen LogP contribution in [-0.2, 0) is 12.6 Å². The summed E-state index contributed by atoms with van der Waals surface area (Å²) in [6.07, 6.45) is -1.78. The second-order valence-corrected chi connectivity index (χ2v) is 4.96. The topological polar surface area (TPSA) is 12.0 Å². The van der Waals surface area contributed by atoms with Crippen molar-refractivity contribution in [3.05, 3.63) is 47.5 Å². The van der Waals surface area contributed by atoms with E-state index >= 15 is 0 Å². The molecule has 0 aromatic heterocycles. The van der Waals surface area contributed by atoms with Gasteiger partial charge in [0.05, 0.1) is 5.56 Å². The minimum Gasteiger partial charge on any atom is -0.314 e. The van der Waals surface area contributed by atoms with Crippen LogP contribution in [0.2, 0.25) is 0 Å². The molecule has 1 N–H and O–H groups in total. The van der Waals surface area contributed by atoms with E-state index in [0.717, 1.165) is 42.7 Å². The van der Waals surface area contributed by atoms with E-state index in [1.807, 2.05) is 6.92 Å². The van der Waals surface area contributed by atoms with Gasteiger partial charge in [0.1, 0.15) is 0 Å². The van der Waals surface area contributed by atoms with Crippen molar-refractivity contribution in [3.8, 4) is 0 Å². The second kappa shape index (κ2) is 7.48. The van der Waals surface area contributed by atoms with Crippen molar-refractivity contribution in [2.45, 2.75) is 45.3 Å². The van der Waals surface area contributed by atoms with Crippen LogP contribution in [0.25, 0.3) is 0 Å². The Morgan fingerprint density at radius 1 is 1.20 bits per heavy atom. The van der Waals surface area contributed by atoms with Crippen LogP contribution in [0.1, 0.15) is 37.8 Å². The first kappa shape index (κ1) is 16.8. The molecule has 0 radical (unpaired) electrons. The van der Waals surface area contributed by atoms with Gasteiger partial charge in [-0.25, -0.2) is 0 Å². The van der Waals surface area contributed by atoms with Crippen molar-refractivity contribution in [1.29, 1.82) is 0 Å². The third-order valence-electron chi connectivity index (χ3n) is 3.29. The summed E-state index contributed by atoms with van der Waals surface area (Å²) in [6, 6.07) is 5.63. The van der Waals surface area contributed by atoms with Gasteiger partial charge in [-0.1, -0.05) is 38.1 Å². The SMILES string of the molecule is C=C(CC)CC(Cc1ccc(C(F)(F)F)cc1)NCC. The van der Waals surface area contributed by atoms with E-state index in [0.29, 0.717) is 6.42 Å². The summed E-state index contributed by atoms with van der Waals surface area (Å²) in [5, 5.41) is 3.36. The standard InChI is InChI=1S/C16H22F3N/c1-4-12(3)10-15(20-5-2)11-13-6-8-14(9-7-13)16(17,18)19/h6-9,15,20H,3-5,10-11H2,1-2H3. The molecule has 4 heteroatoms. The fraction of sp³-hybridized carbons (Fsp3) is 0.500. The van der Waals surface area contributed by atoms with Crippen LogP contribution >= 0.6 is 0 Å². The van der Waals surface area contributed by atoms with Crippen molar-refractivity contribution in [3.63, 3.8) is 0 Å². The zero-order valence-corrected chi connectivity index (χ0v) is 12.1. The summed E-state index contributed by atoms with van der Waals surface area (Å²) in [7, 11) is 0. The Bertz CT molecular complexity index is 420. The fourth-order valence-corrected chi connectivity index (χ4v) is 2.11. The molecule has 0 amide bonds. The largest absolute Gasteiger partial charge is 0.416 e. The van der Waals surface area contributed by atoms with Gasteiger partial charge in [-0.3, -0.25) is 0 Å². The first-order valence-electron chi connectivity index (χ1n) is 6.93. The molecule has 0 fully saturated rings. The number of nitrogens with one attached hydrogen (secondary N) is 1. The lowest BCUT2D eigenvalue weighted by atomic mass is 9.98. The van der Waals surface area contributed by atoms with Crippen LogP contribution in [0, 0.1) is 0 Å². The van der Waals surface area contributed by atoms with Gasteiger partial charge in [-0.05, 0) is 43.5 Å². The molecule has 0 spiro atoms. The Balaban J connectivity index is 2.71. The van der Waals surface area contributed by atoms with Gasteiger partial charge in [0.2, 0.25) is 0 Å². The summed E-state index contributed by atoms with van der Waals surface area (Å²) >= 11 is 0. The smallest absolute Gasteiger partial charge is 0.314 e. The lowest BCUT2D eigenvalue weighted by Crippen LogP contribution is -2.31. The third kappa shape index (κ3) is 5.37. The zero-order chi connectivity index (χ0) is 15.2. The monoisotopic (exact) mass is 285 g/mol. The van der Waals surface area contributed by atoms with Crippen LogP contribution in [0.15, 0.2) is 36.4 Å². The molecule has 112 valence electrons. The lowest BCUT2D eigenvalue weighted by molar-refractivity contribution is -0.137. The van der Waals surface area contributed by atoms with E-state index in [4.69, 9.17) is 0 Å². The van der Waals surface area contributed by atoms with Gasteiger partial charge < -0.3 is 5.32 Å². The van der Waals surface area contributed by atoms with Gasteiger partial charge in [0, 0.05) is 6.04 Å². The van der Waals surface area contributed by atoms with E-state index < -0.39 is 11.7 Å². The number of hydrogen-bond donors (Lipinski definition) is 1. The summed E-state index contributed by atoms with van der Waals surface area (Å²) in [5.41, 5.74) is 1.47. The number of rotatable bonds is 7. The normalized spacial score (nSPS) is 13.2. The maximum absolute atomic E-state index is 12.5. The van der Waals surface area contributed by atoms with Gasteiger partial charge in [-0.15, -0.1) is 0 Å². The molecule has 0 bridgehead atoms. The third-order valence-corrected chi connectivity index (χ3v) is 3.29. The molecule has 0 heterocycles. The maximum atomic E-state index is 12.5. The van der Waals surface area contributed by atoms with Crippen LogP contribution in [0.3, 0.4) is 0 Å².